The smallest absolute Gasteiger partial charge is 0.182 e. The molecule has 0 aliphatic rings. The number of aromatic nitrogens is 4. The molecule has 0 atom stereocenters. The zero-order valence-corrected chi connectivity index (χ0v) is 13.3. The fourth-order valence-corrected chi connectivity index (χ4v) is 2.60. The van der Waals surface area contributed by atoms with Gasteiger partial charge < -0.3 is 0 Å². The van der Waals surface area contributed by atoms with Gasteiger partial charge in [0.2, 0.25) is 0 Å². The maximum absolute atomic E-state index is 4.76. The van der Waals surface area contributed by atoms with Crippen LogP contribution in [0.15, 0.2) is 78.9 Å². The third-order valence-corrected chi connectivity index (χ3v) is 3.76. The highest BCUT2D eigenvalue weighted by Crippen LogP contribution is 2.24. The molecule has 116 valence electrons. The van der Waals surface area contributed by atoms with Crippen LogP contribution in [0.1, 0.15) is 5.69 Å². The summed E-state index contributed by atoms with van der Waals surface area (Å²) in [6, 6.07) is 25.9. The summed E-state index contributed by atoms with van der Waals surface area (Å²) in [7, 11) is 0. The largest absolute Gasteiger partial charge is 0.250 e. The number of benzene rings is 2. The molecular weight excluding hydrogens is 296 g/mol. The van der Waals surface area contributed by atoms with Crippen molar-refractivity contribution in [1.82, 2.24) is 19.7 Å². The highest BCUT2D eigenvalue weighted by Gasteiger charge is 2.15. The Morgan fingerprint density at radius 3 is 2.12 bits per heavy atom. The minimum Gasteiger partial charge on any atom is -0.250 e. The monoisotopic (exact) mass is 312 g/mol. The average molecular weight is 312 g/mol. The molecule has 2 aromatic heterocycles. The lowest BCUT2D eigenvalue weighted by Gasteiger charge is -2.05. The van der Waals surface area contributed by atoms with Gasteiger partial charge in [-0.25, -0.2) is 14.6 Å². The number of nitrogens with zero attached hydrogens (tertiary/aromatic N) is 4. The van der Waals surface area contributed by atoms with Crippen molar-refractivity contribution in [1.29, 1.82) is 0 Å². The number of hydrogen-bond donors (Lipinski definition) is 0. The lowest BCUT2D eigenvalue weighted by atomic mass is 10.2. The molecule has 0 fully saturated rings. The number of aryl methyl sites for hydroxylation is 1. The van der Waals surface area contributed by atoms with E-state index in [0.717, 1.165) is 28.5 Å². The zero-order valence-electron chi connectivity index (χ0n) is 13.3. The SMILES string of the molecule is Cc1cccc(-c2nc(-c3ccccc3)nn2-c2ccccc2)n1. The van der Waals surface area contributed by atoms with Gasteiger partial charge in [-0.05, 0) is 31.2 Å². The van der Waals surface area contributed by atoms with Gasteiger partial charge in [0, 0.05) is 11.3 Å². The van der Waals surface area contributed by atoms with Gasteiger partial charge in [-0.3, -0.25) is 0 Å². The molecule has 24 heavy (non-hydrogen) atoms. The Morgan fingerprint density at radius 2 is 1.42 bits per heavy atom. The van der Waals surface area contributed by atoms with Crippen molar-refractivity contribution in [2.45, 2.75) is 6.92 Å². The minimum atomic E-state index is 0.692. The van der Waals surface area contributed by atoms with E-state index in [9.17, 15) is 0 Å². The summed E-state index contributed by atoms with van der Waals surface area (Å²) in [4.78, 5) is 9.37. The third kappa shape index (κ3) is 2.70. The van der Waals surface area contributed by atoms with Crippen LogP contribution in [0.2, 0.25) is 0 Å². The van der Waals surface area contributed by atoms with Gasteiger partial charge in [-0.1, -0.05) is 54.6 Å². The number of para-hydroxylation sites is 1. The van der Waals surface area contributed by atoms with E-state index in [1.54, 1.807) is 0 Å². The first-order valence-electron chi connectivity index (χ1n) is 7.83. The van der Waals surface area contributed by atoms with Gasteiger partial charge in [-0.15, -0.1) is 5.10 Å². The molecule has 0 unspecified atom stereocenters. The van der Waals surface area contributed by atoms with Gasteiger partial charge in [0.25, 0.3) is 0 Å². The second-order valence-electron chi connectivity index (χ2n) is 5.54. The summed E-state index contributed by atoms with van der Waals surface area (Å²) in [5.74, 6) is 1.43. The maximum atomic E-state index is 4.76. The van der Waals surface area contributed by atoms with Crippen molar-refractivity contribution < 1.29 is 0 Å². The molecule has 0 saturated carbocycles. The van der Waals surface area contributed by atoms with Crippen molar-refractivity contribution in [3.8, 4) is 28.6 Å². The van der Waals surface area contributed by atoms with Crippen LogP contribution in [0.5, 0.6) is 0 Å². The predicted molar refractivity (Wildman–Crippen MR) is 94.8 cm³/mol. The second-order valence-corrected chi connectivity index (χ2v) is 5.54. The Bertz CT molecular complexity index is 959. The van der Waals surface area contributed by atoms with E-state index >= 15 is 0 Å². The molecule has 0 amide bonds. The van der Waals surface area contributed by atoms with Crippen molar-refractivity contribution in [3.05, 3.63) is 84.6 Å². The zero-order chi connectivity index (χ0) is 16.4. The average Bonchev–Trinajstić information content (AvgIpc) is 3.09. The van der Waals surface area contributed by atoms with E-state index in [1.165, 1.54) is 0 Å². The van der Waals surface area contributed by atoms with Crippen LogP contribution in [-0.2, 0) is 0 Å². The predicted octanol–water partition coefficient (Wildman–Crippen LogP) is 4.30. The standard InChI is InChI=1S/C20H16N4/c1-15-9-8-14-18(21-15)20-22-19(16-10-4-2-5-11-16)23-24(20)17-12-6-3-7-13-17/h2-14H,1H3. The van der Waals surface area contributed by atoms with Gasteiger partial charge in [0.05, 0.1) is 5.69 Å². The summed E-state index contributed by atoms with van der Waals surface area (Å²) < 4.78 is 1.85. The highest BCUT2D eigenvalue weighted by atomic mass is 15.4. The van der Waals surface area contributed by atoms with Crippen LogP contribution >= 0.6 is 0 Å². The number of hydrogen-bond acceptors (Lipinski definition) is 3. The first-order valence-corrected chi connectivity index (χ1v) is 7.83. The van der Waals surface area contributed by atoms with Gasteiger partial charge in [0.15, 0.2) is 11.6 Å². The second kappa shape index (κ2) is 6.08. The van der Waals surface area contributed by atoms with Crippen LogP contribution in [0.4, 0.5) is 0 Å². The van der Waals surface area contributed by atoms with Crippen LogP contribution in [0.3, 0.4) is 0 Å². The van der Waals surface area contributed by atoms with Gasteiger partial charge in [0.1, 0.15) is 5.69 Å². The van der Waals surface area contributed by atoms with Crippen molar-refractivity contribution >= 4 is 0 Å². The summed E-state index contributed by atoms with van der Waals surface area (Å²) in [6.45, 7) is 1.98. The molecule has 0 aliphatic heterocycles. The number of rotatable bonds is 3. The molecule has 4 nitrogen and oxygen atoms in total. The Kier molecular flexibility index (Phi) is 3.63. The van der Waals surface area contributed by atoms with Crippen LogP contribution in [-0.4, -0.2) is 19.7 Å². The Morgan fingerprint density at radius 1 is 0.708 bits per heavy atom. The molecule has 0 aliphatic carbocycles. The molecule has 0 bridgehead atoms. The molecule has 0 radical (unpaired) electrons. The van der Waals surface area contributed by atoms with E-state index in [0.29, 0.717) is 5.82 Å². The fraction of sp³-hybridized carbons (Fsp3) is 0.0500. The van der Waals surface area contributed by atoms with Crippen LogP contribution < -0.4 is 0 Å². The molecular formula is C20H16N4. The van der Waals surface area contributed by atoms with Crippen LogP contribution in [0, 0.1) is 6.92 Å². The summed E-state index contributed by atoms with van der Waals surface area (Å²) in [5, 5.41) is 4.72. The minimum absolute atomic E-state index is 0.692. The molecule has 2 aromatic carbocycles. The Balaban J connectivity index is 1.92. The maximum Gasteiger partial charge on any atom is 0.182 e. The lowest BCUT2D eigenvalue weighted by molar-refractivity contribution is 0.885. The van der Waals surface area contributed by atoms with E-state index in [-0.39, 0.29) is 0 Å². The molecule has 4 aromatic rings. The number of pyridine rings is 1. The first kappa shape index (κ1) is 14.3. The van der Waals surface area contributed by atoms with Crippen LogP contribution in [0.25, 0.3) is 28.6 Å². The molecule has 2 heterocycles. The first-order chi connectivity index (χ1) is 11.8. The summed E-state index contributed by atoms with van der Waals surface area (Å²) in [5.41, 5.74) is 3.72. The van der Waals surface area contributed by atoms with Crippen molar-refractivity contribution in [2.24, 2.45) is 0 Å². The summed E-state index contributed by atoms with van der Waals surface area (Å²) in [6.07, 6.45) is 0. The lowest BCUT2D eigenvalue weighted by Crippen LogP contribution is -2.00. The molecule has 0 saturated heterocycles. The fourth-order valence-electron chi connectivity index (χ4n) is 2.60. The molecule has 4 rings (SSSR count). The van der Waals surface area contributed by atoms with Gasteiger partial charge in [-0.2, -0.15) is 0 Å². The van der Waals surface area contributed by atoms with E-state index in [1.807, 2.05) is 90.5 Å². The van der Waals surface area contributed by atoms with Crippen molar-refractivity contribution in [3.63, 3.8) is 0 Å². The normalized spacial score (nSPS) is 10.7. The Labute approximate surface area is 140 Å². The van der Waals surface area contributed by atoms with E-state index < -0.39 is 0 Å². The molecule has 0 spiro atoms. The highest BCUT2D eigenvalue weighted by molar-refractivity contribution is 5.61. The quantitative estimate of drug-likeness (QED) is 0.566. The Hall–Kier alpha value is -3.27. The molecule has 4 heteroatoms. The third-order valence-electron chi connectivity index (χ3n) is 3.76. The van der Waals surface area contributed by atoms with E-state index in [4.69, 9.17) is 10.1 Å². The topological polar surface area (TPSA) is 43.6 Å². The summed E-state index contributed by atoms with van der Waals surface area (Å²) >= 11 is 0. The van der Waals surface area contributed by atoms with E-state index in [2.05, 4.69) is 4.98 Å². The molecule has 0 N–H and O–H groups in total. The van der Waals surface area contributed by atoms with Gasteiger partial charge >= 0.3 is 0 Å². The van der Waals surface area contributed by atoms with Crippen molar-refractivity contribution in [2.75, 3.05) is 0 Å².